The van der Waals surface area contributed by atoms with Crippen LogP contribution in [0.5, 0.6) is 5.75 Å². The van der Waals surface area contributed by atoms with Gasteiger partial charge in [0, 0.05) is 56.4 Å². The Morgan fingerprint density at radius 3 is 2.61 bits per heavy atom. The first-order chi connectivity index (χ1) is 18.2. The van der Waals surface area contributed by atoms with Crippen LogP contribution in [0.15, 0.2) is 24.3 Å². The number of aliphatic hydroxyl groups is 1. The Balaban J connectivity index is 1.50. The van der Waals surface area contributed by atoms with Crippen molar-refractivity contribution in [2.45, 2.75) is 84.9 Å². The molecule has 0 bridgehead atoms. The largest absolute Gasteiger partial charge is 0.592 e. The third-order valence-corrected chi connectivity index (χ3v) is 9.53. The number of methoxy groups -OCH3 is 1. The molecule has 38 heavy (non-hydrogen) atoms. The molecule has 0 amide bonds. The first kappa shape index (κ1) is 27.6. The van der Waals surface area contributed by atoms with E-state index in [4.69, 9.17) is 14.9 Å². The number of ether oxygens (including phenoxy) is 1. The number of benzene rings is 1. The zero-order valence-electron chi connectivity index (χ0n) is 24.1. The maximum Gasteiger partial charge on any atom is 0.280 e. The van der Waals surface area contributed by atoms with Crippen LogP contribution in [0.3, 0.4) is 0 Å². The summed E-state index contributed by atoms with van der Waals surface area (Å²) in [6, 6.07) is 8.03. The molecule has 0 radical (unpaired) electrons. The van der Waals surface area contributed by atoms with Crippen molar-refractivity contribution in [2.75, 3.05) is 33.4 Å². The molecule has 1 aromatic heterocycles. The molecule has 7 nitrogen and oxygen atoms in total. The van der Waals surface area contributed by atoms with Crippen LogP contribution in [0.2, 0.25) is 0 Å². The van der Waals surface area contributed by atoms with Crippen molar-refractivity contribution in [3.05, 3.63) is 41.2 Å². The number of rotatable bonds is 12. The predicted molar refractivity (Wildman–Crippen MR) is 152 cm³/mol. The van der Waals surface area contributed by atoms with E-state index in [1.807, 2.05) is 28.9 Å². The topological polar surface area (TPSA) is 85.5 Å². The maximum absolute atomic E-state index is 12.3. The number of hydrogen-bond donors (Lipinski definition) is 2. The van der Waals surface area contributed by atoms with Crippen LogP contribution in [-0.4, -0.2) is 64.3 Å². The second kappa shape index (κ2) is 10.9. The van der Waals surface area contributed by atoms with Crippen LogP contribution < -0.4 is 5.32 Å². The summed E-state index contributed by atoms with van der Waals surface area (Å²) in [7, 11) is 1.74. The molecule has 2 aliphatic carbocycles. The molecule has 2 spiro atoms. The summed E-state index contributed by atoms with van der Waals surface area (Å²) in [4.78, 5) is 2.41. The van der Waals surface area contributed by atoms with E-state index in [0.717, 1.165) is 86.9 Å². The highest BCUT2D eigenvalue weighted by atomic mass is 16.5. The highest BCUT2D eigenvalue weighted by Crippen LogP contribution is 2.67. The van der Waals surface area contributed by atoms with Gasteiger partial charge in [-0.25, -0.2) is 4.68 Å². The molecular formula is C31H49N4O3+. The van der Waals surface area contributed by atoms with Gasteiger partial charge in [0.2, 0.25) is 0 Å². The minimum absolute atomic E-state index is 0.271. The van der Waals surface area contributed by atoms with Crippen LogP contribution in [-0.2, 0) is 17.6 Å². The summed E-state index contributed by atoms with van der Waals surface area (Å²) >= 11 is 0. The fourth-order valence-electron chi connectivity index (χ4n) is 7.30. The molecule has 3 aliphatic rings. The SMILES string of the molecule is CCc1nn(-c2ccccc2[OH2+])c(CCCCOC)c1C(O)N(CC(C)C)C1CC12CNCC1(CC1C)C2. The van der Waals surface area contributed by atoms with Gasteiger partial charge in [-0.2, -0.15) is 5.10 Å². The van der Waals surface area contributed by atoms with Crippen molar-refractivity contribution < 1.29 is 14.9 Å². The second-order valence-corrected chi connectivity index (χ2v) is 12.8. The standard InChI is InChI=1S/C31H48N4O3/c1-6-23-28(25(12-9-10-14-38-5)35(33-23)24-11-7-8-13-26(24)36)29(37)34(17-21(2)3)27-16-31(27)18-30(15-22(30)4)19-32-20-31/h7-8,11,13,21-22,27,29,32,36-37H,6,9-10,12,14-20H2,1-5H3/p+1. The number of piperidine rings is 1. The molecule has 2 heterocycles. The fraction of sp³-hybridized carbons (Fsp3) is 0.710. The van der Waals surface area contributed by atoms with Crippen molar-refractivity contribution in [3.63, 3.8) is 0 Å². The molecular weight excluding hydrogens is 476 g/mol. The lowest BCUT2D eigenvalue weighted by atomic mass is 9.83. The Bertz CT molecular complexity index is 1120. The number of para-hydroxylation sites is 2. The van der Waals surface area contributed by atoms with Crippen molar-refractivity contribution in [1.82, 2.24) is 20.0 Å². The number of unbranched alkanes of at least 4 members (excludes halogenated alkanes) is 1. The van der Waals surface area contributed by atoms with E-state index in [9.17, 15) is 5.11 Å². The monoisotopic (exact) mass is 525 g/mol. The van der Waals surface area contributed by atoms with Crippen LogP contribution in [0.25, 0.3) is 5.69 Å². The quantitative estimate of drug-likeness (QED) is 0.241. The molecule has 1 saturated heterocycles. The lowest BCUT2D eigenvalue weighted by Crippen LogP contribution is -2.45. The number of nitrogens with zero attached hydrogens (tertiary/aromatic N) is 3. The second-order valence-electron chi connectivity index (χ2n) is 12.8. The first-order valence-corrected chi connectivity index (χ1v) is 14.8. The molecule has 5 rings (SSSR count). The number of nitrogens with one attached hydrogen (secondary N) is 1. The van der Waals surface area contributed by atoms with Crippen LogP contribution >= 0.6 is 0 Å². The number of aromatic nitrogens is 2. The van der Waals surface area contributed by atoms with Crippen molar-refractivity contribution in [1.29, 1.82) is 0 Å². The summed E-state index contributed by atoms with van der Waals surface area (Å²) in [6.45, 7) is 12.8. The fourth-order valence-corrected chi connectivity index (χ4v) is 7.30. The van der Waals surface area contributed by atoms with Gasteiger partial charge < -0.3 is 20.3 Å². The van der Waals surface area contributed by atoms with E-state index < -0.39 is 6.23 Å². The van der Waals surface area contributed by atoms with E-state index in [0.29, 0.717) is 23.1 Å². The van der Waals surface area contributed by atoms with Crippen molar-refractivity contribution in [3.8, 4) is 11.4 Å². The maximum atomic E-state index is 12.3. The molecule has 4 N–H and O–H groups in total. The number of aliphatic hydroxyl groups excluding tert-OH is 1. The highest BCUT2D eigenvalue weighted by Gasteiger charge is 2.66. The predicted octanol–water partition coefficient (Wildman–Crippen LogP) is 4.57. The molecule has 2 aromatic rings. The molecule has 2 saturated carbocycles. The van der Waals surface area contributed by atoms with E-state index in [1.165, 1.54) is 12.8 Å². The smallest absolute Gasteiger partial charge is 0.280 e. The Morgan fingerprint density at radius 2 is 1.95 bits per heavy atom. The van der Waals surface area contributed by atoms with Crippen LogP contribution in [0.4, 0.5) is 0 Å². The van der Waals surface area contributed by atoms with Crippen molar-refractivity contribution >= 4 is 0 Å². The van der Waals surface area contributed by atoms with E-state index in [2.05, 4.69) is 37.9 Å². The summed E-state index contributed by atoms with van der Waals surface area (Å²) in [5.74, 6) is 1.71. The third kappa shape index (κ3) is 5.15. The molecule has 210 valence electrons. The zero-order chi connectivity index (χ0) is 27.1. The average Bonchev–Trinajstić information content (AvgIpc) is 3.69. The summed E-state index contributed by atoms with van der Waals surface area (Å²) < 4.78 is 7.27. The molecule has 7 heteroatoms. The Kier molecular flexibility index (Phi) is 7.94. The normalized spacial score (nSPS) is 29.1. The first-order valence-electron chi connectivity index (χ1n) is 14.8. The van der Waals surface area contributed by atoms with Gasteiger partial charge in [-0.05, 0) is 68.3 Å². The molecule has 1 aromatic carbocycles. The Labute approximate surface area is 228 Å². The van der Waals surface area contributed by atoms with Gasteiger partial charge in [0.1, 0.15) is 6.23 Å². The number of aryl methyl sites for hydroxylation is 1. The zero-order valence-corrected chi connectivity index (χ0v) is 24.1. The van der Waals surface area contributed by atoms with Gasteiger partial charge in [-0.1, -0.05) is 39.8 Å². The van der Waals surface area contributed by atoms with E-state index in [1.54, 1.807) is 7.11 Å². The van der Waals surface area contributed by atoms with Gasteiger partial charge in [0.15, 0.2) is 5.69 Å². The van der Waals surface area contributed by atoms with Gasteiger partial charge in [-0.3, -0.25) is 4.90 Å². The minimum atomic E-state index is -0.699. The van der Waals surface area contributed by atoms with Crippen molar-refractivity contribution in [2.24, 2.45) is 22.7 Å². The van der Waals surface area contributed by atoms with E-state index in [-0.39, 0.29) is 5.41 Å². The lowest BCUT2D eigenvalue weighted by Gasteiger charge is -2.37. The van der Waals surface area contributed by atoms with Gasteiger partial charge in [0.25, 0.3) is 5.75 Å². The third-order valence-electron chi connectivity index (χ3n) is 9.53. The molecule has 5 atom stereocenters. The van der Waals surface area contributed by atoms with Crippen LogP contribution in [0, 0.1) is 22.7 Å². The summed E-state index contributed by atoms with van der Waals surface area (Å²) in [5.41, 5.74) is 4.48. The van der Waals surface area contributed by atoms with Gasteiger partial charge >= 0.3 is 0 Å². The van der Waals surface area contributed by atoms with Gasteiger partial charge in [-0.15, -0.1) is 0 Å². The molecule has 5 unspecified atom stereocenters. The lowest BCUT2D eigenvalue weighted by molar-refractivity contribution is -0.0253. The number of hydrogen-bond acceptors (Lipinski definition) is 5. The Hall–Kier alpha value is -1.93. The van der Waals surface area contributed by atoms with Crippen LogP contribution in [0.1, 0.15) is 83.0 Å². The minimum Gasteiger partial charge on any atom is -0.592 e. The Morgan fingerprint density at radius 1 is 1.21 bits per heavy atom. The van der Waals surface area contributed by atoms with Gasteiger partial charge in [0.05, 0.1) is 11.4 Å². The highest BCUT2D eigenvalue weighted by molar-refractivity contribution is 5.48. The summed E-state index contributed by atoms with van der Waals surface area (Å²) in [6.07, 6.45) is 6.53. The molecule has 1 aliphatic heterocycles. The molecule has 3 fully saturated rings. The van der Waals surface area contributed by atoms with E-state index >= 15 is 0 Å². The summed E-state index contributed by atoms with van der Waals surface area (Å²) in [5, 5.41) is 29.7. The average molecular weight is 526 g/mol.